The van der Waals surface area contributed by atoms with Crippen LogP contribution in [0.5, 0.6) is 0 Å². The first kappa shape index (κ1) is 15.4. The summed E-state index contributed by atoms with van der Waals surface area (Å²) in [5.74, 6) is -0.969. The Kier molecular flexibility index (Phi) is 5.29. The van der Waals surface area contributed by atoms with Gasteiger partial charge in [0.1, 0.15) is 0 Å². The number of likely N-dealkylation sites (N-methyl/N-ethyl adjacent to an activating group) is 1. The molecule has 0 bridgehead atoms. The van der Waals surface area contributed by atoms with Crippen molar-refractivity contribution < 1.29 is 14.4 Å². The van der Waals surface area contributed by atoms with E-state index in [0.717, 1.165) is 0 Å². The number of primary amides is 1. The summed E-state index contributed by atoms with van der Waals surface area (Å²) in [7, 11) is 3.38. The second-order valence-electron chi connectivity index (χ2n) is 5.09. The number of rotatable bonds is 3. The summed E-state index contributed by atoms with van der Waals surface area (Å²) in [5.41, 5.74) is 5.35. The maximum Gasteiger partial charge on any atom is 0.236 e. The molecule has 3 amide bonds. The average Bonchev–Trinajstić information content (AvgIpc) is 2.51. The Balaban J connectivity index is 2.72. The van der Waals surface area contributed by atoms with E-state index < -0.39 is 11.8 Å². The van der Waals surface area contributed by atoms with E-state index in [1.165, 1.54) is 11.8 Å². The molecule has 7 nitrogen and oxygen atoms in total. The molecular formula is C12H22N4O3. The van der Waals surface area contributed by atoms with Gasteiger partial charge in [-0.2, -0.15) is 0 Å². The van der Waals surface area contributed by atoms with Gasteiger partial charge in [0.2, 0.25) is 17.7 Å². The van der Waals surface area contributed by atoms with E-state index in [1.54, 1.807) is 19.0 Å². The molecule has 0 radical (unpaired) electrons. The molecule has 7 heteroatoms. The second kappa shape index (κ2) is 6.51. The van der Waals surface area contributed by atoms with E-state index in [0.29, 0.717) is 26.2 Å². The first-order chi connectivity index (χ1) is 8.81. The third-order valence-corrected chi connectivity index (χ3v) is 3.31. The van der Waals surface area contributed by atoms with E-state index in [1.807, 2.05) is 4.90 Å². The molecule has 1 atom stereocenters. The van der Waals surface area contributed by atoms with E-state index in [-0.39, 0.29) is 18.4 Å². The van der Waals surface area contributed by atoms with Crippen LogP contribution in [0, 0.1) is 5.92 Å². The van der Waals surface area contributed by atoms with Crippen LogP contribution in [0.3, 0.4) is 0 Å². The van der Waals surface area contributed by atoms with Crippen LogP contribution in [0.1, 0.15) is 6.92 Å². The van der Waals surface area contributed by atoms with Gasteiger partial charge >= 0.3 is 0 Å². The molecule has 1 aliphatic rings. The van der Waals surface area contributed by atoms with Crippen LogP contribution in [0.2, 0.25) is 0 Å². The zero-order valence-electron chi connectivity index (χ0n) is 11.8. The first-order valence-electron chi connectivity index (χ1n) is 6.28. The maximum absolute atomic E-state index is 11.7. The minimum Gasteiger partial charge on any atom is -0.369 e. The third-order valence-electron chi connectivity index (χ3n) is 3.31. The molecule has 1 heterocycles. The van der Waals surface area contributed by atoms with Crippen molar-refractivity contribution in [2.45, 2.75) is 6.92 Å². The molecule has 1 saturated heterocycles. The average molecular weight is 270 g/mol. The molecule has 0 aliphatic carbocycles. The van der Waals surface area contributed by atoms with Crippen molar-refractivity contribution in [2.24, 2.45) is 11.7 Å². The van der Waals surface area contributed by atoms with Crippen molar-refractivity contribution in [3.8, 4) is 0 Å². The molecule has 1 unspecified atom stereocenters. The van der Waals surface area contributed by atoms with Gasteiger partial charge in [0, 0.05) is 47.2 Å². The Bertz CT molecular complexity index is 370. The van der Waals surface area contributed by atoms with Crippen LogP contribution in [-0.4, -0.2) is 79.2 Å². The standard InChI is InChI=1S/C12H22N4O3/c1-9(17)16-5-4-15(8-11(18)14(2)3)6-10(7-16)12(13)19/h10H,4-8H2,1-3H3,(H2,13,19). The molecule has 0 aromatic heterocycles. The number of amides is 3. The zero-order chi connectivity index (χ0) is 14.6. The molecule has 0 aromatic rings. The van der Waals surface area contributed by atoms with Crippen LogP contribution in [0.15, 0.2) is 0 Å². The normalized spacial score (nSPS) is 20.8. The van der Waals surface area contributed by atoms with Gasteiger partial charge in [-0.1, -0.05) is 0 Å². The number of nitrogens with zero attached hydrogens (tertiary/aromatic N) is 3. The van der Waals surface area contributed by atoms with Gasteiger partial charge in [-0.25, -0.2) is 0 Å². The van der Waals surface area contributed by atoms with Crippen molar-refractivity contribution >= 4 is 17.7 Å². The molecule has 0 saturated carbocycles. The van der Waals surface area contributed by atoms with Gasteiger partial charge in [-0.05, 0) is 0 Å². The summed E-state index contributed by atoms with van der Waals surface area (Å²) in [6.45, 7) is 3.54. The molecule has 1 fully saturated rings. The lowest BCUT2D eigenvalue weighted by Crippen LogP contribution is -2.42. The zero-order valence-corrected chi connectivity index (χ0v) is 11.8. The van der Waals surface area contributed by atoms with Gasteiger partial charge in [0.25, 0.3) is 0 Å². The molecule has 0 aromatic carbocycles. The Labute approximate surface area is 113 Å². The summed E-state index contributed by atoms with van der Waals surface area (Å²) in [4.78, 5) is 39.5. The summed E-state index contributed by atoms with van der Waals surface area (Å²) in [5, 5.41) is 0. The van der Waals surface area contributed by atoms with Gasteiger partial charge in [-0.3, -0.25) is 19.3 Å². The minimum absolute atomic E-state index is 0.0282. The summed E-state index contributed by atoms with van der Waals surface area (Å²) in [6, 6.07) is 0. The van der Waals surface area contributed by atoms with Crippen molar-refractivity contribution in [2.75, 3.05) is 46.8 Å². The van der Waals surface area contributed by atoms with Crippen molar-refractivity contribution in [1.82, 2.24) is 14.7 Å². The van der Waals surface area contributed by atoms with Crippen LogP contribution in [-0.2, 0) is 14.4 Å². The highest BCUT2D eigenvalue weighted by Crippen LogP contribution is 2.10. The predicted molar refractivity (Wildman–Crippen MR) is 70.1 cm³/mol. The van der Waals surface area contributed by atoms with Gasteiger partial charge in [-0.15, -0.1) is 0 Å². The third kappa shape index (κ3) is 4.51. The van der Waals surface area contributed by atoms with Crippen LogP contribution in [0.25, 0.3) is 0 Å². The fourth-order valence-electron chi connectivity index (χ4n) is 2.02. The minimum atomic E-state index is -0.435. The lowest BCUT2D eigenvalue weighted by Gasteiger charge is -2.23. The molecule has 108 valence electrons. The Hall–Kier alpha value is -1.63. The number of hydrogen-bond donors (Lipinski definition) is 1. The van der Waals surface area contributed by atoms with E-state index in [4.69, 9.17) is 5.73 Å². The van der Waals surface area contributed by atoms with E-state index in [9.17, 15) is 14.4 Å². The number of carbonyl (C=O) groups is 3. The van der Waals surface area contributed by atoms with Crippen LogP contribution >= 0.6 is 0 Å². The van der Waals surface area contributed by atoms with Crippen molar-refractivity contribution in [3.05, 3.63) is 0 Å². The van der Waals surface area contributed by atoms with Crippen LogP contribution in [0.4, 0.5) is 0 Å². The Morgan fingerprint density at radius 1 is 1.21 bits per heavy atom. The number of carbonyl (C=O) groups excluding carboxylic acids is 3. The summed E-state index contributed by atoms with van der Waals surface area (Å²) < 4.78 is 0. The van der Waals surface area contributed by atoms with Gasteiger partial charge < -0.3 is 15.5 Å². The first-order valence-corrected chi connectivity index (χ1v) is 6.28. The number of nitrogens with two attached hydrogens (primary N) is 1. The summed E-state index contributed by atoms with van der Waals surface area (Å²) >= 11 is 0. The lowest BCUT2D eigenvalue weighted by molar-refractivity contribution is -0.131. The van der Waals surface area contributed by atoms with E-state index >= 15 is 0 Å². The highest BCUT2D eigenvalue weighted by Gasteiger charge is 2.28. The predicted octanol–water partition coefficient (Wildman–Crippen LogP) is -1.66. The molecular weight excluding hydrogens is 248 g/mol. The molecule has 1 aliphatic heterocycles. The van der Waals surface area contributed by atoms with Crippen molar-refractivity contribution in [3.63, 3.8) is 0 Å². The van der Waals surface area contributed by atoms with E-state index in [2.05, 4.69) is 0 Å². The molecule has 0 spiro atoms. The maximum atomic E-state index is 11.7. The van der Waals surface area contributed by atoms with Gasteiger partial charge in [0.05, 0.1) is 12.5 Å². The quantitative estimate of drug-likeness (QED) is 0.665. The largest absolute Gasteiger partial charge is 0.369 e. The highest BCUT2D eigenvalue weighted by molar-refractivity contribution is 5.80. The monoisotopic (exact) mass is 270 g/mol. The SMILES string of the molecule is CC(=O)N1CCN(CC(=O)N(C)C)CC(C(N)=O)C1. The fraction of sp³-hybridized carbons (Fsp3) is 0.750. The second-order valence-corrected chi connectivity index (χ2v) is 5.09. The molecule has 19 heavy (non-hydrogen) atoms. The number of hydrogen-bond acceptors (Lipinski definition) is 4. The van der Waals surface area contributed by atoms with Crippen molar-refractivity contribution in [1.29, 1.82) is 0 Å². The molecule has 1 rings (SSSR count). The highest BCUT2D eigenvalue weighted by atomic mass is 16.2. The Morgan fingerprint density at radius 3 is 2.32 bits per heavy atom. The van der Waals surface area contributed by atoms with Gasteiger partial charge in [0.15, 0.2) is 0 Å². The lowest BCUT2D eigenvalue weighted by atomic mass is 10.1. The summed E-state index contributed by atoms with van der Waals surface area (Å²) in [6.07, 6.45) is 0. The fourth-order valence-corrected chi connectivity index (χ4v) is 2.02. The molecule has 2 N–H and O–H groups in total. The Morgan fingerprint density at radius 2 is 1.84 bits per heavy atom. The topological polar surface area (TPSA) is 87.0 Å². The smallest absolute Gasteiger partial charge is 0.236 e. The van der Waals surface area contributed by atoms with Crippen LogP contribution < -0.4 is 5.73 Å².